The van der Waals surface area contributed by atoms with E-state index >= 15 is 0 Å². The van der Waals surface area contributed by atoms with Gasteiger partial charge in [0.2, 0.25) is 5.91 Å². The molecule has 1 atom stereocenters. The van der Waals surface area contributed by atoms with E-state index in [4.69, 9.17) is 10.1 Å². The fourth-order valence-electron chi connectivity index (χ4n) is 4.89. The highest BCUT2D eigenvalue weighted by Gasteiger charge is 2.29. The molecule has 0 saturated carbocycles. The van der Waals surface area contributed by atoms with E-state index < -0.39 is 0 Å². The first-order valence-electron chi connectivity index (χ1n) is 11.2. The lowest BCUT2D eigenvalue weighted by Crippen LogP contribution is -2.41. The molecule has 0 radical (unpaired) electrons. The van der Waals surface area contributed by atoms with Crippen molar-refractivity contribution in [2.45, 2.75) is 51.5 Å². The van der Waals surface area contributed by atoms with Crippen molar-refractivity contribution in [3.05, 3.63) is 59.5 Å². The number of benzene rings is 1. The van der Waals surface area contributed by atoms with Gasteiger partial charge < -0.3 is 10.2 Å². The second-order valence-electron chi connectivity index (χ2n) is 8.58. The highest BCUT2D eigenvalue weighted by Crippen LogP contribution is 2.32. The number of carbonyl (C=O) groups is 1. The van der Waals surface area contributed by atoms with Crippen LogP contribution in [-0.4, -0.2) is 33.6 Å². The Morgan fingerprint density at radius 2 is 1.90 bits per heavy atom. The standard InChI is InChI=1S/C24H29N5O/c1-17(18-7-3-2-4-8-18)26-24(30)19-11-14-28(15-12-19)23-22-20-9-5-6-10-21(20)27-29(22)16-13-25-23/h2-4,7-8,13,16-17,19H,5-6,9-12,14-15H2,1H3,(H,26,30)/t17-/m0/s1. The Hall–Kier alpha value is -2.89. The summed E-state index contributed by atoms with van der Waals surface area (Å²) >= 11 is 0. The quantitative estimate of drug-likeness (QED) is 0.722. The molecule has 1 N–H and O–H groups in total. The highest BCUT2D eigenvalue weighted by atomic mass is 16.1. The molecule has 1 fully saturated rings. The van der Waals surface area contributed by atoms with E-state index in [-0.39, 0.29) is 17.9 Å². The van der Waals surface area contributed by atoms with E-state index in [1.54, 1.807) is 0 Å². The lowest BCUT2D eigenvalue weighted by Gasteiger charge is -2.33. The summed E-state index contributed by atoms with van der Waals surface area (Å²) < 4.78 is 2.01. The SMILES string of the molecule is C[C@H](NC(=O)C1CCN(c2nccn3nc4c(c23)CCCC4)CC1)c1ccccc1. The molecule has 1 aliphatic carbocycles. The summed E-state index contributed by atoms with van der Waals surface area (Å²) in [7, 11) is 0. The predicted molar refractivity (Wildman–Crippen MR) is 118 cm³/mol. The van der Waals surface area contributed by atoms with E-state index in [0.29, 0.717) is 0 Å². The third kappa shape index (κ3) is 3.55. The number of piperidine rings is 1. The van der Waals surface area contributed by atoms with Gasteiger partial charge in [0, 0.05) is 37.0 Å². The Bertz CT molecular complexity index is 1040. The number of aromatic nitrogens is 3. The van der Waals surface area contributed by atoms with Crippen LogP contribution in [0.25, 0.3) is 5.52 Å². The second-order valence-corrected chi connectivity index (χ2v) is 8.58. The number of carbonyl (C=O) groups excluding carboxylic acids is 1. The Kier molecular flexibility index (Phi) is 5.15. The molecule has 156 valence electrons. The molecule has 1 amide bonds. The Morgan fingerprint density at radius 1 is 1.13 bits per heavy atom. The molecule has 6 nitrogen and oxygen atoms in total. The van der Waals surface area contributed by atoms with Crippen LogP contribution in [0.2, 0.25) is 0 Å². The van der Waals surface area contributed by atoms with Gasteiger partial charge in [0.05, 0.1) is 11.7 Å². The van der Waals surface area contributed by atoms with Crippen molar-refractivity contribution in [1.82, 2.24) is 19.9 Å². The molecular weight excluding hydrogens is 374 g/mol. The van der Waals surface area contributed by atoms with Crippen molar-refractivity contribution >= 4 is 17.2 Å². The van der Waals surface area contributed by atoms with Gasteiger partial charge in [-0.15, -0.1) is 0 Å². The molecule has 3 aromatic rings. The lowest BCUT2D eigenvalue weighted by atomic mass is 9.94. The van der Waals surface area contributed by atoms with E-state index in [9.17, 15) is 4.79 Å². The van der Waals surface area contributed by atoms with Crippen molar-refractivity contribution < 1.29 is 4.79 Å². The number of hydrogen-bond donors (Lipinski definition) is 1. The Morgan fingerprint density at radius 3 is 2.70 bits per heavy atom. The van der Waals surface area contributed by atoms with Gasteiger partial charge in [-0.05, 0) is 51.0 Å². The maximum absolute atomic E-state index is 12.8. The minimum atomic E-state index is 0.0328. The molecule has 0 unspecified atom stereocenters. The number of hydrogen-bond acceptors (Lipinski definition) is 4. The number of nitrogens with zero attached hydrogens (tertiary/aromatic N) is 4. The first-order valence-corrected chi connectivity index (χ1v) is 11.2. The van der Waals surface area contributed by atoms with Crippen molar-refractivity contribution in [2.75, 3.05) is 18.0 Å². The zero-order chi connectivity index (χ0) is 20.5. The minimum Gasteiger partial charge on any atom is -0.355 e. The average Bonchev–Trinajstić information content (AvgIpc) is 3.18. The molecular formula is C24H29N5O. The summed E-state index contributed by atoms with van der Waals surface area (Å²) in [5, 5.41) is 8.00. The number of amides is 1. The molecule has 1 aromatic carbocycles. The van der Waals surface area contributed by atoms with Crippen molar-refractivity contribution in [3.8, 4) is 0 Å². The topological polar surface area (TPSA) is 62.5 Å². The summed E-state index contributed by atoms with van der Waals surface area (Å²) in [4.78, 5) is 19.9. The van der Waals surface area contributed by atoms with Gasteiger partial charge in [-0.1, -0.05) is 30.3 Å². The van der Waals surface area contributed by atoms with Crippen molar-refractivity contribution in [3.63, 3.8) is 0 Å². The lowest BCUT2D eigenvalue weighted by molar-refractivity contribution is -0.126. The monoisotopic (exact) mass is 403 g/mol. The van der Waals surface area contributed by atoms with Crippen LogP contribution in [0.15, 0.2) is 42.7 Å². The van der Waals surface area contributed by atoms with Gasteiger partial charge in [0.25, 0.3) is 0 Å². The van der Waals surface area contributed by atoms with Crippen LogP contribution in [0.1, 0.15) is 55.5 Å². The number of nitrogens with one attached hydrogen (secondary N) is 1. The van der Waals surface area contributed by atoms with Gasteiger partial charge in [-0.3, -0.25) is 4.79 Å². The first-order chi connectivity index (χ1) is 14.7. The fourth-order valence-corrected chi connectivity index (χ4v) is 4.89. The molecule has 0 spiro atoms. The normalized spacial score (nSPS) is 18.2. The van der Waals surface area contributed by atoms with Crippen LogP contribution in [0.4, 0.5) is 5.82 Å². The molecule has 2 aromatic heterocycles. The predicted octanol–water partition coefficient (Wildman–Crippen LogP) is 3.70. The van der Waals surface area contributed by atoms with E-state index in [1.165, 1.54) is 29.6 Å². The van der Waals surface area contributed by atoms with Crippen molar-refractivity contribution in [2.24, 2.45) is 5.92 Å². The Labute approximate surface area is 177 Å². The van der Waals surface area contributed by atoms with Crippen LogP contribution in [0.5, 0.6) is 0 Å². The van der Waals surface area contributed by atoms with Crippen LogP contribution in [0.3, 0.4) is 0 Å². The smallest absolute Gasteiger partial charge is 0.223 e. The zero-order valence-electron chi connectivity index (χ0n) is 17.6. The summed E-state index contributed by atoms with van der Waals surface area (Å²) in [6, 6.07) is 10.2. The zero-order valence-corrected chi connectivity index (χ0v) is 17.6. The van der Waals surface area contributed by atoms with Gasteiger partial charge in [0.1, 0.15) is 5.52 Å². The van der Waals surface area contributed by atoms with E-state index in [0.717, 1.165) is 50.2 Å². The Balaban J connectivity index is 1.27. The third-order valence-corrected chi connectivity index (χ3v) is 6.62. The van der Waals surface area contributed by atoms with Crippen LogP contribution in [-0.2, 0) is 17.6 Å². The molecule has 3 heterocycles. The molecule has 1 saturated heterocycles. The molecule has 5 rings (SSSR count). The van der Waals surface area contributed by atoms with Gasteiger partial charge in [0.15, 0.2) is 5.82 Å². The largest absolute Gasteiger partial charge is 0.355 e. The number of fused-ring (bicyclic) bond motifs is 3. The van der Waals surface area contributed by atoms with Crippen molar-refractivity contribution in [1.29, 1.82) is 0 Å². The minimum absolute atomic E-state index is 0.0328. The molecule has 1 aliphatic heterocycles. The summed E-state index contributed by atoms with van der Waals surface area (Å²) in [6.45, 7) is 3.75. The maximum Gasteiger partial charge on any atom is 0.223 e. The van der Waals surface area contributed by atoms with Crippen LogP contribution < -0.4 is 10.2 Å². The number of aryl methyl sites for hydroxylation is 2. The first kappa shape index (κ1) is 19.1. The third-order valence-electron chi connectivity index (χ3n) is 6.62. The van der Waals surface area contributed by atoms with Crippen LogP contribution in [0, 0.1) is 5.92 Å². The molecule has 6 heteroatoms. The van der Waals surface area contributed by atoms with E-state index in [1.807, 2.05) is 35.1 Å². The summed E-state index contributed by atoms with van der Waals surface area (Å²) in [5.74, 6) is 1.26. The van der Waals surface area contributed by atoms with Crippen LogP contribution >= 0.6 is 0 Å². The average molecular weight is 404 g/mol. The molecule has 0 bridgehead atoms. The summed E-state index contributed by atoms with van der Waals surface area (Å²) in [6.07, 6.45) is 10.1. The van der Waals surface area contributed by atoms with Gasteiger partial charge in [-0.2, -0.15) is 5.10 Å². The maximum atomic E-state index is 12.8. The highest BCUT2D eigenvalue weighted by molar-refractivity contribution is 5.80. The summed E-state index contributed by atoms with van der Waals surface area (Å²) in [5.41, 5.74) is 4.93. The molecule has 2 aliphatic rings. The number of anilines is 1. The van der Waals surface area contributed by atoms with E-state index in [2.05, 4.69) is 29.3 Å². The number of rotatable bonds is 4. The molecule has 30 heavy (non-hydrogen) atoms. The second kappa shape index (κ2) is 8.09. The van der Waals surface area contributed by atoms with Gasteiger partial charge in [-0.25, -0.2) is 9.50 Å². The van der Waals surface area contributed by atoms with Gasteiger partial charge >= 0.3 is 0 Å². The fraction of sp³-hybridized carbons (Fsp3) is 0.458.